The van der Waals surface area contributed by atoms with Crippen LogP contribution in [0.4, 0.5) is 0 Å². The third-order valence-corrected chi connectivity index (χ3v) is 4.39. The van der Waals surface area contributed by atoms with Crippen molar-refractivity contribution in [1.82, 2.24) is 5.32 Å². The molecule has 4 heteroatoms. The SMILES string of the molecule is CC(C)C(CNC(=O)[C@@H]1CCC[C@@H]1C(=O)O)C(C)C. The molecule has 2 N–H and O–H groups in total. The topological polar surface area (TPSA) is 66.4 Å². The third kappa shape index (κ3) is 4.22. The van der Waals surface area contributed by atoms with Crippen LogP contribution in [0.3, 0.4) is 0 Å². The summed E-state index contributed by atoms with van der Waals surface area (Å²) >= 11 is 0. The van der Waals surface area contributed by atoms with Crippen LogP contribution in [-0.4, -0.2) is 23.5 Å². The first-order valence-electron chi connectivity index (χ1n) is 7.35. The first kappa shape index (κ1) is 16.0. The summed E-state index contributed by atoms with van der Waals surface area (Å²) in [5.74, 6) is -0.265. The number of hydrogen-bond donors (Lipinski definition) is 2. The third-order valence-electron chi connectivity index (χ3n) is 4.39. The maximum absolute atomic E-state index is 12.1. The molecular formula is C15H27NO3. The average Bonchev–Trinajstić information content (AvgIpc) is 2.76. The van der Waals surface area contributed by atoms with Crippen LogP contribution in [0.2, 0.25) is 0 Å². The molecule has 0 aliphatic heterocycles. The molecule has 0 bridgehead atoms. The van der Waals surface area contributed by atoms with E-state index in [1.54, 1.807) is 0 Å². The van der Waals surface area contributed by atoms with Crippen LogP contribution in [0.5, 0.6) is 0 Å². The predicted octanol–water partition coefficient (Wildman–Crippen LogP) is 2.53. The molecule has 0 unspecified atom stereocenters. The number of carbonyl (C=O) groups excluding carboxylic acids is 1. The Morgan fingerprint density at radius 3 is 2.11 bits per heavy atom. The minimum atomic E-state index is -0.832. The summed E-state index contributed by atoms with van der Waals surface area (Å²) in [6.07, 6.45) is 2.18. The van der Waals surface area contributed by atoms with Gasteiger partial charge in [-0.2, -0.15) is 0 Å². The molecule has 0 aromatic heterocycles. The predicted molar refractivity (Wildman–Crippen MR) is 74.6 cm³/mol. The van der Waals surface area contributed by atoms with E-state index in [4.69, 9.17) is 5.11 Å². The maximum atomic E-state index is 12.1. The molecule has 1 amide bonds. The normalized spacial score (nSPS) is 23.3. The second-order valence-electron chi connectivity index (χ2n) is 6.38. The van der Waals surface area contributed by atoms with Crippen molar-refractivity contribution in [3.63, 3.8) is 0 Å². The summed E-state index contributed by atoms with van der Waals surface area (Å²) < 4.78 is 0. The largest absolute Gasteiger partial charge is 0.481 e. The second kappa shape index (κ2) is 6.92. The Morgan fingerprint density at radius 2 is 1.63 bits per heavy atom. The van der Waals surface area contributed by atoms with E-state index in [9.17, 15) is 9.59 Å². The van der Waals surface area contributed by atoms with Gasteiger partial charge in [0.25, 0.3) is 0 Å². The molecule has 1 rings (SSSR count). The summed E-state index contributed by atoms with van der Waals surface area (Å²) in [5, 5.41) is 12.1. The summed E-state index contributed by atoms with van der Waals surface area (Å²) in [6.45, 7) is 9.29. The van der Waals surface area contributed by atoms with Crippen LogP contribution < -0.4 is 5.32 Å². The average molecular weight is 269 g/mol. The quantitative estimate of drug-likeness (QED) is 0.778. The van der Waals surface area contributed by atoms with Gasteiger partial charge < -0.3 is 10.4 Å². The van der Waals surface area contributed by atoms with Gasteiger partial charge in [0.1, 0.15) is 0 Å². The second-order valence-corrected chi connectivity index (χ2v) is 6.38. The first-order chi connectivity index (χ1) is 8.84. The number of carboxylic acid groups (broad SMARTS) is 1. The van der Waals surface area contributed by atoms with Gasteiger partial charge in [-0.1, -0.05) is 34.1 Å². The number of carboxylic acids is 1. The van der Waals surface area contributed by atoms with Crippen molar-refractivity contribution >= 4 is 11.9 Å². The summed E-state index contributed by atoms with van der Waals surface area (Å²) in [5.41, 5.74) is 0. The van der Waals surface area contributed by atoms with E-state index in [2.05, 4.69) is 33.0 Å². The number of aliphatic carboxylic acids is 1. The van der Waals surface area contributed by atoms with E-state index >= 15 is 0 Å². The lowest BCUT2D eigenvalue weighted by Gasteiger charge is -2.26. The molecule has 0 radical (unpaired) electrons. The van der Waals surface area contributed by atoms with E-state index in [-0.39, 0.29) is 11.8 Å². The van der Waals surface area contributed by atoms with Crippen LogP contribution in [0, 0.1) is 29.6 Å². The van der Waals surface area contributed by atoms with Gasteiger partial charge in [-0.3, -0.25) is 9.59 Å². The molecule has 2 atom stereocenters. The van der Waals surface area contributed by atoms with Crippen molar-refractivity contribution in [2.45, 2.75) is 47.0 Å². The molecule has 110 valence electrons. The standard InChI is InChI=1S/C15H27NO3/c1-9(2)13(10(3)4)8-16-14(17)11-6-5-7-12(11)15(18)19/h9-13H,5-8H2,1-4H3,(H,16,17)(H,18,19)/t11-,12+/m1/s1. The van der Waals surface area contributed by atoms with E-state index in [1.165, 1.54) is 0 Å². The fourth-order valence-electron chi connectivity index (χ4n) is 3.16. The zero-order valence-corrected chi connectivity index (χ0v) is 12.5. The lowest BCUT2D eigenvalue weighted by atomic mass is 9.85. The van der Waals surface area contributed by atoms with Crippen LogP contribution in [0.1, 0.15) is 47.0 Å². The van der Waals surface area contributed by atoms with Crippen LogP contribution in [0.25, 0.3) is 0 Å². The smallest absolute Gasteiger partial charge is 0.307 e. The summed E-state index contributed by atoms with van der Waals surface area (Å²) in [7, 11) is 0. The van der Waals surface area contributed by atoms with E-state index in [1.807, 2.05) is 0 Å². The highest BCUT2D eigenvalue weighted by Crippen LogP contribution is 2.32. The van der Waals surface area contributed by atoms with Crippen LogP contribution in [0.15, 0.2) is 0 Å². The summed E-state index contributed by atoms with van der Waals surface area (Å²) in [4.78, 5) is 23.2. The van der Waals surface area contributed by atoms with Gasteiger partial charge in [0.15, 0.2) is 0 Å². The fourth-order valence-corrected chi connectivity index (χ4v) is 3.16. The minimum absolute atomic E-state index is 0.0730. The Balaban J connectivity index is 2.53. The highest BCUT2D eigenvalue weighted by Gasteiger charge is 2.37. The Kier molecular flexibility index (Phi) is 5.83. The van der Waals surface area contributed by atoms with Gasteiger partial charge in [0, 0.05) is 6.54 Å². The molecule has 4 nitrogen and oxygen atoms in total. The van der Waals surface area contributed by atoms with Gasteiger partial charge in [0.2, 0.25) is 5.91 Å². The number of rotatable bonds is 6. The van der Waals surface area contributed by atoms with Crippen LogP contribution >= 0.6 is 0 Å². The highest BCUT2D eigenvalue weighted by atomic mass is 16.4. The van der Waals surface area contributed by atoms with Gasteiger partial charge in [-0.15, -0.1) is 0 Å². The lowest BCUT2D eigenvalue weighted by Crippen LogP contribution is -2.39. The van der Waals surface area contributed by atoms with E-state index in [0.717, 1.165) is 6.42 Å². The number of nitrogens with one attached hydrogen (secondary N) is 1. The molecule has 1 aliphatic carbocycles. The van der Waals surface area contributed by atoms with Gasteiger partial charge >= 0.3 is 5.97 Å². The molecule has 1 saturated carbocycles. The molecule has 1 fully saturated rings. The minimum Gasteiger partial charge on any atom is -0.481 e. The Labute approximate surface area is 116 Å². The maximum Gasteiger partial charge on any atom is 0.307 e. The Bertz CT molecular complexity index is 317. The van der Waals surface area contributed by atoms with Crippen molar-refractivity contribution < 1.29 is 14.7 Å². The van der Waals surface area contributed by atoms with Crippen molar-refractivity contribution in [2.24, 2.45) is 29.6 Å². The molecule has 1 aliphatic rings. The first-order valence-corrected chi connectivity index (χ1v) is 7.35. The van der Waals surface area contributed by atoms with Gasteiger partial charge in [-0.05, 0) is 30.6 Å². The monoisotopic (exact) mass is 269 g/mol. The highest BCUT2D eigenvalue weighted by molar-refractivity contribution is 5.85. The van der Waals surface area contributed by atoms with Crippen molar-refractivity contribution in [1.29, 1.82) is 0 Å². The number of carbonyl (C=O) groups is 2. The fraction of sp³-hybridized carbons (Fsp3) is 0.867. The summed E-state index contributed by atoms with van der Waals surface area (Å²) in [6, 6.07) is 0. The molecule has 0 spiro atoms. The zero-order valence-electron chi connectivity index (χ0n) is 12.5. The molecule has 0 heterocycles. The van der Waals surface area contributed by atoms with Crippen molar-refractivity contribution in [2.75, 3.05) is 6.54 Å². The van der Waals surface area contributed by atoms with Gasteiger partial charge in [0.05, 0.1) is 11.8 Å². The molecule has 19 heavy (non-hydrogen) atoms. The van der Waals surface area contributed by atoms with E-state index in [0.29, 0.717) is 37.1 Å². The number of amides is 1. The van der Waals surface area contributed by atoms with Crippen molar-refractivity contribution in [3.8, 4) is 0 Å². The van der Waals surface area contributed by atoms with Gasteiger partial charge in [-0.25, -0.2) is 0 Å². The lowest BCUT2D eigenvalue weighted by molar-refractivity contribution is -0.146. The molecule has 0 aromatic rings. The zero-order chi connectivity index (χ0) is 14.6. The van der Waals surface area contributed by atoms with E-state index < -0.39 is 11.9 Å². The van der Waals surface area contributed by atoms with Crippen molar-refractivity contribution in [3.05, 3.63) is 0 Å². The Hall–Kier alpha value is -1.06. The molecule has 0 saturated heterocycles. The van der Waals surface area contributed by atoms with Crippen LogP contribution in [-0.2, 0) is 9.59 Å². The number of hydrogen-bond acceptors (Lipinski definition) is 2. The molecular weight excluding hydrogens is 242 g/mol. The Morgan fingerprint density at radius 1 is 1.11 bits per heavy atom. The molecule has 0 aromatic carbocycles.